The maximum atomic E-state index is 4.65. The minimum absolute atomic E-state index is 0.633. The Bertz CT molecular complexity index is 372. The van der Waals surface area contributed by atoms with Crippen LogP contribution in [0.4, 0.5) is 0 Å². The van der Waals surface area contributed by atoms with Crippen molar-refractivity contribution >= 4 is 22.6 Å². The zero-order chi connectivity index (χ0) is 8.39. The van der Waals surface area contributed by atoms with Gasteiger partial charge in [0.1, 0.15) is 0 Å². The van der Waals surface area contributed by atoms with Gasteiger partial charge in [-0.1, -0.05) is 17.3 Å². The highest BCUT2D eigenvalue weighted by molar-refractivity contribution is 14.1. The summed E-state index contributed by atoms with van der Waals surface area (Å²) >= 11 is 2.24. The molecule has 0 fully saturated rings. The van der Waals surface area contributed by atoms with Gasteiger partial charge < -0.3 is 4.52 Å². The minimum Gasteiger partial charge on any atom is -0.342 e. The van der Waals surface area contributed by atoms with Gasteiger partial charge in [0, 0.05) is 9.13 Å². The van der Waals surface area contributed by atoms with E-state index < -0.39 is 0 Å². The van der Waals surface area contributed by atoms with E-state index in [9.17, 15) is 0 Å². The van der Waals surface area contributed by atoms with Crippen molar-refractivity contribution in [1.29, 1.82) is 0 Å². The standard InChI is InChI=1S/C8H5IN2O/c9-7-3-1-2-6(4-7)8-10-5-12-11-8/h1-5H. The molecule has 0 unspecified atom stereocenters. The number of hydrogen-bond donors (Lipinski definition) is 0. The zero-order valence-corrected chi connectivity index (χ0v) is 8.22. The van der Waals surface area contributed by atoms with E-state index in [4.69, 9.17) is 0 Å². The van der Waals surface area contributed by atoms with E-state index in [0.29, 0.717) is 5.82 Å². The molecule has 1 aromatic heterocycles. The second kappa shape index (κ2) is 3.22. The summed E-state index contributed by atoms with van der Waals surface area (Å²) in [5.74, 6) is 0.633. The quantitative estimate of drug-likeness (QED) is 0.748. The smallest absolute Gasteiger partial charge is 0.214 e. The Morgan fingerprint density at radius 1 is 1.33 bits per heavy atom. The van der Waals surface area contributed by atoms with E-state index in [0.717, 1.165) is 9.13 Å². The first-order chi connectivity index (χ1) is 5.86. The van der Waals surface area contributed by atoms with E-state index in [2.05, 4.69) is 37.3 Å². The van der Waals surface area contributed by atoms with Gasteiger partial charge in [0.05, 0.1) is 0 Å². The molecule has 0 spiro atoms. The van der Waals surface area contributed by atoms with Crippen LogP contribution in [0.25, 0.3) is 11.4 Å². The number of nitrogens with zero attached hydrogens (tertiary/aromatic N) is 2. The first-order valence-electron chi connectivity index (χ1n) is 3.38. The highest BCUT2D eigenvalue weighted by Crippen LogP contribution is 2.16. The lowest BCUT2D eigenvalue weighted by atomic mass is 10.2. The molecule has 1 heterocycles. The summed E-state index contributed by atoms with van der Waals surface area (Å²) < 4.78 is 5.81. The molecule has 60 valence electrons. The van der Waals surface area contributed by atoms with Gasteiger partial charge in [-0.2, -0.15) is 4.98 Å². The highest BCUT2D eigenvalue weighted by Gasteiger charge is 2.01. The summed E-state index contributed by atoms with van der Waals surface area (Å²) in [5, 5.41) is 3.74. The van der Waals surface area contributed by atoms with Crippen LogP contribution in [0.5, 0.6) is 0 Å². The van der Waals surface area contributed by atoms with Crippen LogP contribution < -0.4 is 0 Å². The molecule has 0 atom stereocenters. The summed E-state index contributed by atoms with van der Waals surface area (Å²) in [4.78, 5) is 3.95. The van der Waals surface area contributed by atoms with Crippen molar-refractivity contribution in [1.82, 2.24) is 10.1 Å². The van der Waals surface area contributed by atoms with Gasteiger partial charge >= 0.3 is 0 Å². The van der Waals surface area contributed by atoms with Gasteiger partial charge in [0.25, 0.3) is 0 Å². The predicted octanol–water partition coefficient (Wildman–Crippen LogP) is 2.34. The summed E-state index contributed by atoms with van der Waals surface area (Å²) in [5.41, 5.74) is 0.982. The predicted molar refractivity (Wildman–Crippen MR) is 52.5 cm³/mol. The molecular formula is C8H5IN2O. The summed E-state index contributed by atoms with van der Waals surface area (Å²) in [7, 11) is 0. The average molecular weight is 272 g/mol. The van der Waals surface area contributed by atoms with Crippen LogP contribution in [0.15, 0.2) is 35.2 Å². The summed E-state index contributed by atoms with van der Waals surface area (Å²) in [6, 6.07) is 7.94. The Hall–Kier alpha value is -0.910. The monoisotopic (exact) mass is 272 g/mol. The van der Waals surface area contributed by atoms with Crippen LogP contribution in [0, 0.1) is 3.57 Å². The lowest BCUT2D eigenvalue weighted by molar-refractivity contribution is 0.419. The van der Waals surface area contributed by atoms with Gasteiger partial charge in [-0.15, -0.1) is 0 Å². The van der Waals surface area contributed by atoms with Crippen LogP contribution in [-0.2, 0) is 0 Å². The lowest BCUT2D eigenvalue weighted by Crippen LogP contribution is -1.80. The second-order valence-corrected chi connectivity index (χ2v) is 3.51. The Morgan fingerprint density at radius 3 is 2.92 bits per heavy atom. The highest BCUT2D eigenvalue weighted by atomic mass is 127. The number of rotatable bonds is 1. The zero-order valence-electron chi connectivity index (χ0n) is 6.07. The Kier molecular flexibility index (Phi) is 2.07. The van der Waals surface area contributed by atoms with Gasteiger partial charge in [0.15, 0.2) is 0 Å². The number of benzene rings is 1. The lowest BCUT2D eigenvalue weighted by Gasteiger charge is -1.93. The van der Waals surface area contributed by atoms with E-state index in [1.54, 1.807) is 0 Å². The fourth-order valence-corrected chi connectivity index (χ4v) is 1.47. The molecule has 0 saturated carbocycles. The maximum absolute atomic E-state index is 4.65. The molecule has 0 aliphatic heterocycles. The Morgan fingerprint density at radius 2 is 2.25 bits per heavy atom. The number of aromatic nitrogens is 2. The fraction of sp³-hybridized carbons (Fsp3) is 0. The van der Waals surface area contributed by atoms with Gasteiger partial charge in [0.2, 0.25) is 12.2 Å². The van der Waals surface area contributed by atoms with Crippen LogP contribution in [-0.4, -0.2) is 10.1 Å². The van der Waals surface area contributed by atoms with Crippen molar-refractivity contribution in [3.63, 3.8) is 0 Å². The fourth-order valence-electron chi connectivity index (χ4n) is 0.925. The number of halogens is 1. The normalized spacial score (nSPS) is 10.1. The maximum Gasteiger partial charge on any atom is 0.214 e. The Balaban J connectivity index is 2.48. The third-order valence-corrected chi connectivity index (χ3v) is 2.12. The molecule has 3 nitrogen and oxygen atoms in total. The van der Waals surface area contributed by atoms with E-state index in [1.165, 1.54) is 6.39 Å². The third-order valence-electron chi connectivity index (χ3n) is 1.44. The van der Waals surface area contributed by atoms with Crippen molar-refractivity contribution in [3.05, 3.63) is 34.2 Å². The first kappa shape index (κ1) is 7.72. The van der Waals surface area contributed by atoms with E-state index in [-0.39, 0.29) is 0 Å². The Labute approximate surface area is 82.9 Å². The largest absolute Gasteiger partial charge is 0.342 e. The summed E-state index contributed by atoms with van der Waals surface area (Å²) in [6.07, 6.45) is 1.33. The van der Waals surface area contributed by atoms with Crippen molar-refractivity contribution in [2.24, 2.45) is 0 Å². The average Bonchev–Trinajstić information content (AvgIpc) is 2.56. The molecule has 1 aromatic carbocycles. The molecule has 2 aromatic rings. The van der Waals surface area contributed by atoms with Crippen molar-refractivity contribution in [2.45, 2.75) is 0 Å². The van der Waals surface area contributed by atoms with Gasteiger partial charge in [-0.3, -0.25) is 0 Å². The molecule has 0 radical (unpaired) electrons. The molecule has 0 aliphatic carbocycles. The van der Waals surface area contributed by atoms with E-state index >= 15 is 0 Å². The topological polar surface area (TPSA) is 38.9 Å². The molecule has 4 heteroatoms. The third kappa shape index (κ3) is 1.47. The summed E-state index contributed by atoms with van der Waals surface area (Å²) in [6.45, 7) is 0. The van der Waals surface area contributed by atoms with Crippen molar-refractivity contribution in [2.75, 3.05) is 0 Å². The van der Waals surface area contributed by atoms with Crippen LogP contribution in [0.3, 0.4) is 0 Å². The van der Waals surface area contributed by atoms with E-state index in [1.807, 2.05) is 24.3 Å². The van der Waals surface area contributed by atoms with Crippen molar-refractivity contribution < 1.29 is 4.52 Å². The minimum atomic E-state index is 0.633. The molecular weight excluding hydrogens is 267 g/mol. The van der Waals surface area contributed by atoms with Crippen LogP contribution >= 0.6 is 22.6 Å². The first-order valence-corrected chi connectivity index (χ1v) is 4.46. The molecule has 0 amide bonds. The van der Waals surface area contributed by atoms with Crippen LogP contribution in [0.1, 0.15) is 0 Å². The molecule has 0 saturated heterocycles. The second-order valence-electron chi connectivity index (χ2n) is 2.27. The molecule has 0 aliphatic rings. The number of hydrogen-bond acceptors (Lipinski definition) is 3. The molecule has 0 N–H and O–H groups in total. The van der Waals surface area contributed by atoms with Crippen LogP contribution in [0.2, 0.25) is 0 Å². The SMILES string of the molecule is Ic1cccc(-c2ncon2)c1. The van der Waals surface area contributed by atoms with Gasteiger partial charge in [-0.25, -0.2) is 0 Å². The molecule has 12 heavy (non-hydrogen) atoms. The van der Waals surface area contributed by atoms with Crippen molar-refractivity contribution in [3.8, 4) is 11.4 Å². The molecule has 0 bridgehead atoms. The van der Waals surface area contributed by atoms with Gasteiger partial charge in [-0.05, 0) is 34.7 Å². The molecule has 2 rings (SSSR count).